The maximum absolute atomic E-state index is 12.1. The van der Waals surface area contributed by atoms with Crippen molar-refractivity contribution >= 4 is 17.5 Å². The van der Waals surface area contributed by atoms with Crippen LogP contribution in [-0.2, 0) is 11.2 Å². The van der Waals surface area contributed by atoms with Gasteiger partial charge in [0, 0.05) is 6.20 Å². The highest BCUT2D eigenvalue weighted by molar-refractivity contribution is 5.91. The summed E-state index contributed by atoms with van der Waals surface area (Å²) >= 11 is 0. The molecule has 0 atom stereocenters. The largest absolute Gasteiger partial charge is 0.294 e. The molecule has 0 unspecified atom stereocenters. The molecule has 5 heteroatoms. The van der Waals surface area contributed by atoms with Gasteiger partial charge in [0.05, 0.1) is 6.42 Å². The summed E-state index contributed by atoms with van der Waals surface area (Å²) in [5, 5.41) is 10.8. The van der Waals surface area contributed by atoms with Crippen LogP contribution in [0, 0.1) is 13.8 Å². The van der Waals surface area contributed by atoms with Crippen molar-refractivity contribution in [3.05, 3.63) is 59.3 Å². The fourth-order valence-corrected chi connectivity index (χ4v) is 2.19. The lowest BCUT2D eigenvalue weighted by Crippen LogP contribution is -2.16. The minimum Gasteiger partial charge on any atom is -0.294 e. The zero-order valence-electron chi connectivity index (χ0n) is 12.0. The molecule has 0 radical (unpaired) electrons. The maximum Gasteiger partial charge on any atom is 0.235 e. The molecule has 106 valence electrons. The molecule has 21 heavy (non-hydrogen) atoms. The Bertz CT molecular complexity index is 807. The molecule has 2 aromatic heterocycles. The molecule has 0 bridgehead atoms. The number of nitrogens with zero attached hydrogens (tertiary/aromatic N) is 3. The molecule has 0 saturated carbocycles. The SMILES string of the molecule is Cc1ccc(CC(=O)Nc2nnc3ccccn23)cc1C. The monoisotopic (exact) mass is 280 g/mol. The Morgan fingerprint density at radius 3 is 2.81 bits per heavy atom. The quantitative estimate of drug-likeness (QED) is 0.802. The van der Waals surface area contributed by atoms with Gasteiger partial charge in [-0.25, -0.2) is 0 Å². The van der Waals surface area contributed by atoms with Crippen LogP contribution < -0.4 is 5.32 Å². The van der Waals surface area contributed by atoms with Gasteiger partial charge in [-0.05, 0) is 42.7 Å². The van der Waals surface area contributed by atoms with Crippen LogP contribution in [0.5, 0.6) is 0 Å². The zero-order valence-corrected chi connectivity index (χ0v) is 12.0. The van der Waals surface area contributed by atoms with Crippen molar-refractivity contribution in [1.82, 2.24) is 14.6 Å². The number of aromatic nitrogens is 3. The number of nitrogens with one attached hydrogen (secondary N) is 1. The van der Waals surface area contributed by atoms with E-state index >= 15 is 0 Å². The van der Waals surface area contributed by atoms with Crippen LogP contribution in [0.2, 0.25) is 0 Å². The Labute approximate surface area is 122 Å². The summed E-state index contributed by atoms with van der Waals surface area (Å²) in [6.07, 6.45) is 2.14. The van der Waals surface area contributed by atoms with Crippen LogP contribution in [0.1, 0.15) is 16.7 Å². The Morgan fingerprint density at radius 1 is 1.14 bits per heavy atom. The Kier molecular flexibility index (Phi) is 3.39. The van der Waals surface area contributed by atoms with E-state index in [1.807, 2.05) is 49.5 Å². The van der Waals surface area contributed by atoms with E-state index in [2.05, 4.69) is 22.4 Å². The van der Waals surface area contributed by atoms with Crippen LogP contribution in [0.15, 0.2) is 42.6 Å². The summed E-state index contributed by atoms with van der Waals surface area (Å²) in [4.78, 5) is 12.1. The molecule has 2 heterocycles. The summed E-state index contributed by atoms with van der Waals surface area (Å²) in [5.74, 6) is 0.343. The van der Waals surface area contributed by atoms with E-state index in [1.54, 1.807) is 4.40 Å². The van der Waals surface area contributed by atoms with Gasteiger partial charge in [-0.15, -0.1) is 10.2 Å². The van der Waals surface area contributed by atoms with Gasteiger partial charge in [0.1, 0.15) is 0 Å². The Hall–Kier alpha value is -2.69. The summed E-state index contributed by atoms with van der Waals surface area (Å²) < 4.78 is 1.75. The topological polar surface area (TPSA) is 59.3 Å². The Morgan fingerprint density at radius 2 is 2.00 bits per heavy atom. The second kappa shape index (κ2) is 5.36. The van der Waals surface area contributed by atoms with E-state index < -0.39 is 0 Å². The number of aryl methyl sites for hydroxylation is 2. The summed E-state index contributed by atoms with van der Waals surface area (Å²) in [5.41, 5.74) is 4.11. The van der Waals surface area contributed by atoms with E-state index in [1.165, 1.54) is 11.1 Å². The van der Waals surface area contributed by atoms with Crippen molar-refractivity contribution in [3.63, 3.8) is 0 Å². The summed E-state index contributed by atoms with van der Waals surface area (Å²) in [7, 11) is 0. The molecule has 5 nitrogen and oxygen atoms in total. The first-order valence-electron chi connectivity index (χ1n) is 6.79. The first-order chi connectivity index (χ1) is 10.1. The lowest BCUT2D eigenvalue weighted by molar-refractivity contribution is -0.115. The molecule has 0 saturated heterocycles. The summed E-state index contributed by atoms with van der Waals surface area (Å²) in [6, 6.07) is 11.6. The van der Waals surface area contributed by atoms with Crippen LogP contribution in [0.25, 0.3) is 5.65 Å². The zero-order chi connectivity index (χ0) is 14.8. The predicted octanol–water partition coefficient (Wildman–Crippen LogP) is 2.53. The number of amides is 1. The smallest absolute Gasteiger partial charge is 0.235 e. The normalized spacial score (nSPS) is 10.8. The van der Waals surface area contributed by atoms with Crippen molar-refractivity contribution in [2.75, 3.05) is 5.32 Å². The first-order valence-corrected chi connectivity index (χ1v) is 6.79. The van der Waals surface area contributed by atoms with Gasteiger partial charge in [-0.2, -0.15) is 0 Å². The van der Waals surface area contributed by atoms with Crippen molar-refractivity contribution in [2.24, 2.45) is 0 Å². The van der Waals surface area contributed by atoms with Crippen molar-refractivity contribution in [1.29, 1.82) is 0 Å². The number of anilines is 1. The highest BCUT2D eigenvalue weighted by Crippen LogP contribution is 2.12. The minimum atomic E-state index is -0.101. The number of benzene rings is 1. The number of fused-ring (bicyclic) bond motifs is 1. The van der Waals surface area contributed by atoms with Gasteiger partial charge in [-0.1, -0.05) is 24.3 Å². The molecule has 0 spiro atoms. The summed E-state index contributed by atoms with van der Waals surface area (Å²) in [6.45, 7) is 4.10. The molecule has 0 fully saturated rings. The number of hydrogen-bond acceptors (Lipinski definition) is 3. The van der Waals surface area contributed by atoms with Crippen LogP contribution >= 0.6 is 0 Å². The second-order valence-corrected chi connectivity index (χ2v) is 5.10. The van der Waals surface area contributed by atoms with Gasteiger partial charge in [0.2, 0.25) is 11.9 Å². The standard InChI is InChI=1S/C16H16N4O/c1-11-6-7-13(9-12(11)2)10-15(21)17-16-19-18-14-5-3-4-8-20(14)16/h3-9H,10H2,1-2H3,(H,17,19,21). The van der Waals surface area contributed by atoms with E-state index in [-0.39, 0.29) is 5.91 Å². The predicted molar refractivity (Wildman–Crippen MR) is 81.2 cm³/mol. The lowest BCUT2D eigenvalue weighted by atomic mass is 10.0. The highest BCUT2D eigenvalue weighted by atomic mass is 16.1. The molecule has 0 aliphatic rings. The molecule has 0 aliphatic heterocycles. The van der Waals surface area contributed by atoms with Gasteiger partial charge in [0.25, 0.3) is 0 Å². The van der Waals surface area contributed by atoms with Crippen LogP contribution in [0.3, 0.4) is 0 Å². The number of rotatable bonds is 3. The molecular formula is C16H16N4O. The van der Waals surface area contributed by atoms with Crippen molar-refractivity contribution in [3.8, 4) is 0 Å². The van der Waals surface area contributed by atoms with Crippen molar-refractivity contribution < 1.29 is 4.79 Å². The van der Waals surface area contributed by atoms with E-state index in [4.69, 9.17) is 0 Å². The van der Waals surface area contributed by atoms with Crippen LogP contribution in [-0.4, -0.2) is 20.5 Å². The molecular weight excluding hydrogens is 264 g/mol. The third-order valence-corrected chi connectivity index (χ3v) is 3.50. The molecule has 3 aromatic rings. The minimum absolute atomic E-state index is 0.101. The van der Waals surface area contributed by atoms with E-state index in [9.17, 15) is 4.79 Å². The van der Waals surface area contributed by atoms with Crippen LogP contribution in [0.4, 0.5) is 5.95 Å². The number of hydrogen-bond donors (Lipinski definition) is 1. The molecule has 1 aromatic carbocycles. The van der Waals surface area contributed by atoms with E-state index in [0.29, 0.717) is 18.0 Å². The van der Waals surface area contributed by atoms with E-state index in [0.717, 1.165) is 5.56 Å². The van der Waals surface area contributed by atoms with Crippen molar-refractivity contribution in [2.45, 2.75) is 20.3 Å². The van der Waals surface area contributed by atoms with Gasteiger partial charge < -0.3 is 0 Å². The number of carbonyl (C=O) groups excluding carboxylic acids is 1. The molecule has 0 aliphatic carbocycles. The fourth-order valence-electron chi connectivity index (χ4n) is 2.19. The second-order valence-electron chi connectivity index (χ2n) is 5.10. The lowest BCUT2D eigenvalue weighted by Gasteiger charge is -2.06. The molecule has 1 N–H and O–H groups in total. The maximum atomic E-state index is 12.1. The third-order valence-electron chi connectivity index (χ3n) is 3.50. The molecule has 1 amide bonds. The van der Waals surface area contributed by atoms with Gasteiger partial charge in [-0.3, -0.25) is 14.5 Å². The molecule has 3 rings (SSSR count). The fraction of sp³-hybridized carbons (Fsp3) is 0.188. The Balaban J connectivity index is 1.75. The third kappa shape index (κ3) is 2.76. The van der Waals surface area contributed by atoms with Gasteiger partial charge in [0.15, 0.2) is 5.65 Å². The van der Waals surface area contributed by atoms with Gasteiger partial charge >= 0.3 is 0 Å². The average Bonchev–Trinajstić information content (AvgIpc) is 2.86. The number of carbonyl (C=O) groups is 1. The number of pyridine rings is 1. The first kappa shape index (κ1) is 13.3. The average molecular weight is 280 g/mol. The highest BCUT2D eigenvalue weighted by Gasteiger charge is 2.09.